The molecule has 196 valence electrons. The van der Waals surface area contributed by atoms with Crippen LogP contribution in [0.3, 0.4) is 0 Å². The van der Waals surface area contributed by atoms with Crippen molar-refractivity contribution < 1.29 is 9.59 Å². The first-order valence-electron chi connectivity index (χ1n) is 13.0. The van der Waals surface area contributed by atoms with Gasteiger partial charge in [0.05, 0.1) is 21.8 Å². The fourth-order valence-electron chi connectivity index (χ4n) is 5.02. The van der Waals surface area contributed by atoms with Gasteiger partial charge in [0.15, 0.2) is 0 Å². The summed E-state index contributed by atoms with van der Waals surface area (Å²) in [5.41, 5.74) is 4.84. The van der Waals surface area contributed by atoms with Crippen molar-refractivity contribution in [1.82, 2.24) is 30.6 Å². The van der Waals surface area contributed by atoms with E-state index in [9.17, 15) is 9.59 Å². The molecule has 2 saturated heterocycles. The van der Waals surface area contributed by atoms with E-state index in [1.54, 1.807) is 18.3 Å². The Morgan fingerprint density at radius 2 is 1.82 bits per heavy atom. The van der Waals surface area contributed by atoms with Crippen LogP contribution in [0.5, 0.6) is 0 Å². The zero-order valence-corrected chi connectivity index (χ0v) is 22.0. The topological polar surface area (TPSA) is 113 Å². The molecule has 1 aromatic carbocycles. The third kappa shape index (κ3) is 5.67. The third-order valence-corrected chi connectivity index (χ3v) is 7.84. The number of amides is 2. The molecule has 2 aliphatic heterocycles. The Hall–Kier alpha value is -4.15. The molecule has 0 radical (unpaired) electrons. The number of imide groups is 1. The molecular formula is C29H27N7O2S. The van der Waals surface area contributed by atoms with E-state index >= 15 is 0 Å². The highest BCUT2D eigenvalue weighted by Crippen LogP contribution is 2.29. The van der Waals surface area contributed by atoms with E-state index < -0.39 is 0 Å². The number of rotatable bonds is 7. The SMILES string of the molecule is O=C1NC(=O)/C(=C/c2ccnc(N3CCC(CNCc4cccnc4-c4ccnc5ccccc45)CC3)n2)S1. The maximum Gasteiger partial charge on any atom is 0.290 e. The average molecular weight is 538 g/mol. The summed E-state index contributed by atoms with van der Waals surface area (Å²) in [6.45, 7) is 3.39. The summed E-state index contributed by atoms with van der Waals surface area (Å²) in [5.74, 6) is 0.819. The number of carbonyl (C=O) groups excluding carboxylic acids is 2. The molecule has 0 bridgehead atoms. The van der Waals surface area contributed by atoms with Gasteiger partial charge in [-0.05, 0) is 73.0 Å². The highest BCUT2D eigenvalue weighted by molar-refractivity contribution is 8.18. The van der Waals surface area contributed by atoms with E-state index in [1.807, 2.05) is 42.7 Å². The zero-order valence-electron chi connectivity index (χ0n) is 21.2. The van der Waals surface area contributed by atoms with E-state index in [1.165, 1.54) is 5.56 Å². The van der Waals surface area contributed by atoms with Gasteiger partial charge in [0, 0.05) is 49.2 Å². The number of thioether (sulfide) groups is 1. The molecule has 6 rings (SSSR count). The van der Waals surface area contributed by atoms with Crippen LogP contribution in [0.25, 0.3) is 28.2 Å². The fraction of sp³-hybridized carbons (Fsp3) is 0.241. The van der Waals surface area contributed by atoms with Gasteiger partial charge in [-0.15, -0.1) is 0 Å². The average Bonchev–Trinajstić information content (AvgIpc) is 3.29. The van der Waals surface area contributed by atoms with Crippen molar-refractivity contribution in [2.75, 3.05) is 24.5 Å². The summed E-state index contributed by atoms with van der Waals surface area (Å²) < 4.78 is 0. The third-order valence-electron chi connectivity index (χ3n) is 7.03. The number of anilines is 1. The summed E-state index contributed by atoms with van der Waals surface area (Å²) in [6, 6.07) is 16.1. The van der Waals surface area contributed by atoms with E-state index in [4.69, 9.17) is 4.98 Å². The van der Waals surface area contributed by atoms with Gasteiger partial charge in [-0.1, -0.05) is 24.3 Å². The Morgan fingerprint density at radius 3 is 2.67 bits per heavy atom. The van der Waals surface area contributed by atoms with Crippen LogP contribution in [0.2, 0.25) is 0 Å². The minimum absolute atomic E-state index is 0.350. The largest absolute Gasteiger partial charge is 0.341 e. The van der Waals surface area contributed by atoms with Crippen molar-refractivity contribution in [2.45, 2.75) is 19.4 Å². The Balaban J connectivity index is 1.05. The van der Waals surface area contributed by atoms with Gasteiger partial charge in [-0.2, -0.15) is 0 Å². The number of aromatic nitrogens is 4. The van der Waals surface area contributed by atoms with Gasteiger partial charge < -0.3 is 10.2 Å². The summed E-state index contributed by atoms with van der Waals surface area (Å²) in [4.78, 5) is 44.1. The molecule has 4 aromatic rings. The number of benzene rings is 1. The van der Waals surface area contributed by atoms with Crippen LogP contribution >= 0.6 is 11.8 Å². The predicted octanol–water partition coefficient (Wildman–Crippen LogP) is 4.42. The van der Waals surface area contributed by atoms with E-state index in [-0.39, 0.29) is 11.1 Å². The minimum atomic E-state index is -0.383. The lowest BCUT2D eigenvalue weighted by Crippen LogP contribution is -2.38. The summed E-state index contributed by atoms with van der Waals surface area (Å²) >= 11 is 0.890. The highest BCUT2D eigenvalue weighted by Gasteiger charge is 2.26. The second-order valence-corrected chi connectivity index (χ2v) is 10.6. The molecule has 0 atom stereocenters. The molecule has 2 amide bonds. The van der Waals surface area contributed by atoms with Crippen molar-refractivity contribution in [2.24, 2.45) is 5.92 Å². The molecule has 0 saturated carbocycles. The van der Waals surface area contributed by atoms with Gasteiger partial charge in [0.1, 0.15) is 0 Å². The predicted molar refractivity (Wildman–Crippen MR) is 153 cm³/mol. The van der Waals surface area contributed by atoms with Gasteiger partial charge >= 0.3 is 0 Å². The van der Waals surface area contributed by atoms with Crippen molar-refractivity contribution in [3.05, 3.63) is 83.3 Å². The van der Waals surface area contributed by atoms with Crippen LogP contribution in [0.15, 0.2) is 72.0 Å². The molecule has 2 fully saturated rings. The molecule has 0 unspecified atom stereocenters. The maximum absolute atomic E-state index is 11.8. The molecule has 9 nitrogen and oxygen atoms in total. The van der Waals surface area contributed by atoms with Crippen LogP contribution in [0.4, 0.5) is 10.7 Å². The zero-order chi connectivity index (χ0) is 26.6. The van der Waals surface area contributed by atoms with Crippen molar-refractivity contribution in [3.63, 3.8) is 0 Å². The van der Waals surface area contributed by atoms with Crippen LogP contribution in [0, 0.1) is 5.92 Å². The summed E-state index contributed by atoms with van der Waals surface area (Å²) in [6.07, 6.45) is 9.08. The van der Waals surface area contributed by atoms with E-state index in [0.29, 0.717) is 22.5 Å². The maximum atomic E-state index is 11.8. The molecule has 5 heterocycles. The molecule has 10 heteroatoms. The smallest absolute Gasteiger partial charge is 0.290 e. The quantitative estimate of drug-likeness (QED) is 0.331. The monoisotopic (exact) mass is 537 g/mol. The van der Waals surface area contributed by atoms with E-state index in [0.717, 1.165) is 72.9 Å². The normalized spacial score (nSPS) is 17.2. The lowest BCUT2D eigenvalue weighted by Gasteiger charge is -2.32. The van der Waals surface area contributed by atoms with Crippen molar-refractivity contribution >= 4 is 45.8 Å². The fourth-order valence-corrected chi connectivity index (χ4v) is 5.69. The standard InChI is InChI=1S/C29H27N7O2S/c37-27-25(39-29(38)35-27)16-21-7-12-33-28(34-21)36-14-9-19(10-15-36)17-30-18-20-4-3-11-32-26(20)23-8-13-31-24-6-2-1-5-22(23)24/h1-8,11-13,16,19,30H,9-10,14-15,17-18H2,(H,35,37,38)/b25-16-. The molecular weight excluding hydrogens is 510 g/mol. The molecule has 0 aliphatic carbocycles. The van der Waals surface area contributed by atoms with Crippen molar-refractivity contribution in [1.29, 1.82) is 0 Å². The molecule has 2 aliphatic rings. The van der Waals surface area contributed by atoms with Gasteiger partial charge in [0.2, 0.25) is 5.95 Å². The molecule has 2 N–H and O–H groups in total. The lowest BCUT2D eigenvalue weighted by molar-refractivity contribution is -0.115. The summed E-state index contributed by atoms with van der Waals surface area (Å²) in [5, 5.41) is 6.67. The van der Waals surface area contributed by atoms with Gasteiger partial charge in [0.25, 0.3) is 11.1 Å². The second-order valence-electron chi connectivity index (χ2n) is 9.58. The van der Waals surface area contributed by atoms with Crippen LogP contribution in [0.1, 0.15) is 24.1 Å². The Bertz CT molecular complexity index is 1560. The first-order chi connectivity index (χ1) is 19.1. The summed E-state index contributed by atoms with van der Waals surface area (Å²) in [7, 11) is 0. The molecule has 39 heavy (non-hydrogen) atoms. The minimum Gasteiger partial charge on any atom is -0.341 e. The van der Waals surface area contributed by atoms with Crippen LogP contribution in [-0.4, -0.2) is 50.7 Å². The number of para-hydroxylation sites is 1. The number of fused-ring (bicyclic) bond motifs is 1. The first-order valence-corrected chi connectivity index (χ1v) is 13.8. The van der Waals surface area contributed by atoms with Gasteiger partial charge in [-0.25, -0.2) is 9.97 Å². The van der Waals surface area contributed by atoms with E-state index in [2.05, 4.69) is 42.6 Å². The van der Waals surface area contributed by atoms with Crippen LogP contribution < -0.4 is 15.5 Å². The van der Waals surface area contributed by atoms with Crippen molar-refractivity contribution in [3.8, 4) is 11.3 Å². The number of hydrogen-bond acceptors (Lipinski definition) is 9. The number of hydrogen-bond donors (Lipinski definition) is 2. The van der Waals surface area contributed by atoms with Crippen LogP contribution in [-0.2, 0) is 11.3 Å². The number of nitrogens with one attached hydrogen (secondary N) is 2. The number of pyridine rings is 2. The number of nitrogens with zero attached hydrogens (tertiary/aromatic N) is 5. The van der Waals surface area contributed by atoms with Gasteiger partial charge in [-0.3, -0.25) is 24.9 Å². The highest BCUT2D eigenvalue weighted by atomic mass is 32.2. The Kier molecular flexibility index (Phi) is 7.29. The lowest BCUT2D eigenvalue weighted by atomic mass is 9.96. The number of piperidine rings is 1. The molecule has 0 spiro atoms. The first kappa shape index (κ1) is 25.1. The Labute approximate surface area is 230 Å². The second kappa shape index (κ2) is 11.3. The molecule has 3 aromatic heterocycles. The Morgan fingerprint density at radius 1 is 0.974 bits per heavy atom. The number of carbonyl (C=O) groups is 2.